The highest BCUT2D eigenvalue weighted by atomic mass is 32.1. The van der Waals surface area contributed by atoms with Crippen molar-refractivity contribution in [3.8, 4) is 22.3 Å². The van der Waals surface area contributed by atoms with Gasteiger partial charge >= 0.3 is 0 Å². The predicted octanol–water partition coefficient (Wildman–Crippen LogP) is 13.9. The molecule has 1 aromatic heterocycles. The van der Waals surface area contributed by atoms with E-state index in [1.54, 1.807) is 0 Å². The monoisotopic (exact) mass is 657 g/mol. The molecule has 0 atom stereocenters. The molecule has 1 heterocycles. The standard InChI is InChI=1S/C48H35NS/c1-47(2)38-19-10-8-16-35(38)44-39(47)20-12-21-41(44)49(28-23-24-33-32-15-7-9-18-37(32)48(3,4)40(33)26-28)29-25-36-31-14-6-5-13-30(31)34-17-11-22-42-45(34)46(36)43(27-29)50-42/h5-27H,1-4H3. The summed E-state index contributed by atoms with van der Waals surface area (Å²) in [6.45, 7) is 9.52. The second-order valence-electron chi connectivity index (χ2n) is 15.3. The van der Waals surface area contributed by atoms with Gasteiger partial charge in [-0.15, -0.1) is 11.3 Å². The van der Waals surface area contributed by atoms with Crippen LogP contribution in [-0.4, -0.2) is 0 Å². The molecule has 2 aliphatic carbocycles. The summed E-state index contributed by atoms with van der Waals surface area (Å²) >= 11 is 1.92. The number of rotatable bonds is 3. The van der Waals surface area contributed by atoms with Crippen LogP contribution in [-0.2, 0) is 10.8 Å². The Morgan fingerprint density at radius 2 is 1.02 bits per heavy atom. The molecule has 1 nitrogen and oxygen atoms in total. The van der Waals surface area contributed by atoms with Gasteiger partial charge in [0.25, 0.3) is 0 Å². The van der Waals surface area contributed by atoms with Crippen molar-refractivity contribution in [1.29, 1.82) is 0 Å². The lowest BCUT2D eigenvalue weighted by Crippen LogP contribution is -2.17. The summed E-state index contributed by atoms with van der Waals surface area (Å²) in [7, 11) is 0. The molecule has 11 rings (SSSR count). The summed E-state index contributed by atoms with van der Waals surface area (Å²) in [6, 6.07) is 52.9. The average molecular weight is 658 g/mol. The van der Waals surface area contributed by atoms with Crippen LogP contribution in [0.4, 0.5) is 17.1 Å². The van der Waals surface area contributed by atoms with Crippen molar-refractivity contribution in [3.63, 3.8) is 0 Å². The van der Waals surface area contributed by atoms with Crippen molar-refractivity contribution in [1.82, 2.24) is 0 Å². The maximum atomic E-state index is 2.56. The van der Waals surface area contributed by atoms with Crippen LogP contribution in [0.25, 0.3) is 64.0 Å². The molecule has 0 saturated heterocycles. The fraction of sp³-hybridized carbons (Fsp3) is 0.125. The summed E-state index contributed by atoms with van der Waals surface area (Å²) in [5.41, 5.74) is 14.4. The number of thiophene rings is 1. The lowest BCUT2D eigenvalue weighted by Gasteiger charge is -2.30. The minimum Gasteiger partial charge on any atom is -0.310 e. The molecule has 2 aliphatic rings. The number of nitrogens with zero attached hydrogens (tertiary/aromatic N) is 1. The van der Waals surface area contributed by atoms with Gasteiger partial charge in [-0.25, -0.2) is 0 Å². The lowest BCUT2D eigenvalue weighted by molar-refractivity contribution is 0.660. The summed E-state index contributed by atoms with van der Waals surface area (Å²) in [5, 5.41) is 8.09. The highest BCUT2D eigenvalue weighted by Crippen LogP contribution is 2.56. The molecule has 0 unspecified atom stereocenters. The first kappa shape index (κ1) is 28.4. The number of benzene rings is 8. The van der Waals surface area contributed by atoms with Crippen LogP contribution in [0.3, 0.4) is 0 Å². The first-order chi connectivity index (χ1) is 24.3. The lowest BCUT2D eigenvalue weighted by atomic mass is 9.82. The minimum atomic E-state index is -0.0996. The van der Waals surface area contributed by atoms with Gasteiger partial charge in [-0.1, -0.05) is 131 Å². The van der Waals surface area contributed by atoms with E-state index in [1.165, 1.54) is 103 Å². The van der Waals surface area contributed by atoms with Crippen LogP contribution < -0.4 is 4.90 Å². The summed E-state index contributed by atoms with van der Waals surface area (Å²) in [6.07, 6.45) is 0. The highest BCUT2D eigenvalue weighted by Gasteiger charge is 2.39. The molecule has 0 aliphatic heterocycles. The molecule has 0 fully saturated rings. The molecule has 0 spiro atoms. The van der Waals surface area contributed by atoms with Gasteiger partial charge in [0.05, 0.1) is 5.69 Å². The second kappa shape index (κ2) is 9.62. The Bertz CT molecular complexity index is 2880. The van der Waals surface area contributed by atoms with Gasteiger partial charge in [-0.05, 0) is 96.9 Å². The van der Waals surface area contributed by atoms with E-state index in [1.807, 2.05) is 11.3 Å². The molecule has 2 heteroatoms. The van der Waals surface area contributed by atoms with E-state index in [9.17, 15) is 0 Å². The zero-order valence-corrected chi connectivity index (χ0v) is 29.5. The Morgan fingerprint density at radius 3 is 1.84 bits per heavy atom. The second-order valence-corrected chi connectivity index (χ2v) is 16.4. The Labute approximate surface area is 296 Å². The Kier molecular flexibility index (Phi) is 5.47. The Hall–Kier alpha value is -5.44. The minimum absolute atomic E-state index is 0.0913. The third kappa shape index (κ3) is 3.52. The maximum absolute atomic E-state index is 2.56. The van der Waals surface area contributed by atoms with Crippen LogP contribution in [0.15, 0.2) is 140 Å². The fourth-order valence-corrected chi connectivity index (χ4v) is 10.8. The van der Waals surface area contributed by atoms with Crippen LogP contribution in [0.5, 0.6) is 0 Å². The summed E-state index contributed by atoms with van der Waals surface area (Å²) < 4.78 is 2.69. The van der Waals surface area contributed by atoms with Crippen molar-refractivity contribution in [2.75, 3.05) is 4.90 Å². The fourth-order valence-electron chi connectivity index (χ4n) is 9.63. The van der Waals surface area contributed by atoms with Crippen molar-refractivity contribution in [3.05, 3.63) is 162 Å². The van der Waals surface area contributed by atoms with E-state index in [-0.39, 0.29) is 10.8 Å². The van der Waals surface area contributed by atoms with E-state index in [0.717, 1.165) is 0 Å². The van der Waals surface area contributed by atoms with Crippen LogP contribution in [0.2, 0.25) is 0 Å². The topological polar surface area (TPSA) is 3.24 Å². The van der Waals surface area contributed by atoms with E-state index in [0.29, 0.717) is 0 Å². The van der Waals surface area contributed by atoms with Gasteiger partial charge in [0, 0.05) is 47.9 Å². The third-order valence-electron chi connectivity index (χ3n) is 12.0. The van der Waals surface area contributed by atoms with Crippen LogP contribution in [0, 0.1) is 0 Å². The van der Waals surface area contributed by atoms with Gasteiger partial charge in [0.1, 0.15) is 0 Å². The van der Waals surface area contributed by atoms with E-state index in [4.69, 9.17) is 0 Å². The van der Waals surface area contributed by atoms with Gasteiger partial charge in [-0.2, -0.15) is 0 Å². The molecular weight excluding hydrogens is 623 g/mol. The molecule has 0 N–H and O–H groups in total. The first-order valence-electron chi connectivity index (χ1n) is 17.7. The Balaban J connectivity index is 1.25. The molecule has 0 saturated carbocycles. The van der Waals surface area contributed by atoms with Gasteiger partial charge in [0.2, 0.25) is 0 Å². The van der Waals surface area contributed by atoms with E-state index in [2.05, 4.69) is 172 Å². The smallest absolute Gasteiger partial charge is 0.0543 e. The SMILES string of the molecule is CC1(C)c2ccccc2-c2ccc(N(c3cc4sc5cccc6c7ccccc7c(c3)c4c56)c3cccc4c3-c3ccccc3C4(C)C)cc21. The molecule has 0 bridgehead atoms. The van der Waals surface area contributed by atoms with Crippen LogP contribution in [0.1, 0.15) is 49.9 Å². The van der Waals surface area contributed by atoms with Crippen molar-refractivity contribution in [2.24, 2.45) is 0 Å². The third-order valence-corrected chi connectivity index (χ3v) is 13.1. The van der Waals surface area contributed by atoms with Crippen molar-refractivity contribution >= 4 is 70.1 Å². The number of fused-ring (bicyclic) bond motifs is 9. The van der Waals surface area contributed by atoms with Gasteiger partial charge < -0.3 is 4.90 Å². The predicted molar refractivity (Wildman–Crippen MR) is 215 cm³/mol. The van der Waals surface area contributed by atoms with E-state index >= 15 is 0 Å². The first-order valence-corrected chi connectivity index (χ1v) is 18.5. The molecule has 0 radical (unpaired) electrons. The zero-order valence-electron chi connectivity index (χ0n) is 28.6. The molecule has 0 amide bonds. The maximum Gasteiger partial charge on any atom is 0.0543 e. The number of hydrogen-bond acceptors (Lipinski definition) is 2. The van der Waals surface area contributed by atoms with E-state index < -0.39 is 0 Å². The zero-order chi connectivity index (χ0) is 33.5. The number of hydrogen-bond donors (Lipinski definition) is 0. The molecular formula is C48H35NS. The molecule has 50 heavy (non-hydrogen) atoms. The van der Waals surface area contributed by atoms with Crippen LogP contribution >= 0.6 is 11.3 Å². The van der Waals surface area contributed by atoms with Crippen molar-refractivity contribution in [2.45, 2.75) is 38.5 Å². The number of anilines is 3. The summed E-state index contributed by atoms with van der Waals surface area (Å²) in [5.74, 6) is 0. The highest BCUT2D eigenvalue weighted by molar-refractivity contribution is 7.26. The van der Waals surface area contributed by atoms with Gasteiger partial charge in [-0.3, -0.25) is 0 Å². The van der Waals surface area contributed by atoms with Gasteiger partial charge in [0.15, 0.2) is 0 Å². The summed E-state index contributed by atoms with van der Waals surface area (Å²) in [4.78, 5) is 2.56. The average Bonchev–Trinajstić information content (AvgIpc) is 3.72. The van der Waals surface area contributed by atoms with Crippen molar-refractivity contribution < 1.29 is 0 Å². The normalized spacial score (nSPS) is 15.1. The largest absolute Gasteiger partial charge is 0.310 e. The quantitative estimate of drug-likeness (QED) is 0.171. The molecule has 238 valence electrons. The Morgan fingerprint density at radius 1 is 0.420 bits per heavy atom. The molecule has 8 aromatic carbocycles. The molecule has 9 aromatic rings.